The van der Waals surface area contributed by atoms with E-state index in [9.17, 15) is 13.2 Å². The van der Waals surface area contributed by atoms with Crippen molar-refractivity contribution >= 4 is 15.8 Å². The van der Waals surface area contributed by atoms with Crippen LogP contribution in [0.25, 0.3) is 0 Å². The number of ether oxygens (including phenoxy) is 2. The number of carbonyl (C=O) groups excluding carboxylic acids is 1. The molecule has 0 aromatic rings. The fourth-order valence-electron chi connectivity index (χ4n) is 1.46. The van der Waals surface area contributed by atoms with E-state index < -0.39 is 9.84 Å². The van der Waals surface area contributed by atoms with Gasteiger partial charge in [-0.1, -0.05) is 13.8 Å². The second kappa shape index (κ2) is 14.5. The summed E-state index contributed by atoms with van der Waals surface area (Å²) in [5.74, 6) is -0.127. The first-order valence-electron chi connectivity index (χ1n) is 9.14. The molecule has 5 nitrogen and oxygen atoms in total. The van der Waals surface area contributed by atoms with Gasteiger partial charge in [0.25, 0.3) is 0 Å². The van der Waals surface area contributed by atoms with Gasteiger partial charge in [-0.3, -0.25) is 4.79 Å². The molecule has 0 amide bonds. The van der Waals surface area contributed by atoms with Crippen LogP contribution < -0.4 is 0 Å². The van der Waals surface area contributed by atoms with Crippen LogP contribution in [0, 0.1) is 5.92 Å². The van der Waals surface area contributed by atoms with Gasteiger partial charge in [-0.05, 0) is 69.2 Å². The van der Waals surface area contributed by atoms with Crippen molar-refractivity contribution in [3.63, 3.8) is 0 Å². The SMILES string of the molecule is CC(C)OC(=O)C(C)C.CC(C)OC(C)C.CC(C)S(=O)(=O)C(C)C. The summed E-state index contributed by atoms with van der Waals surface area (Å²) < 4.78 is 32.2. The number of sulfone groups is 1. The van der Waals surface area contributed by atoms with Crippen molar-refractivity contribution in [2.75, 3.05) is 0 Å². The largest absolute Gasteiger partial charge is 0.463 e. The summed E-state index contributed by atoms with van der Waals surface area (Å²) >= 11 is 0. The molecule has 0 atom stereocenters. The Morgan fingerprint density at radius 1 is 0.640 bits per heavy atom. The molecule has 0 aromatic heterocycles. The number of hydrogen-bond donors (Lipinski definition) is 0. The Labute approximate surface area is 156 Å². The zero-order valence-electron chi connectivity index (χ0n) is 18.4. The van der Waals surface area contributed by atoms with Gasteiger partial charge in [0.2, 0.25) is 0 Å². The predicted molar refractivity (Wildman–Crippen MR) is 107 cm³/mol. The first kappa shape index (κ1) is 29.2. The summed E-state index contributed by atoms with van der Waals surface area (Å²) in [6.45, 7) is 22.3. The Hall–Kier alpha value is -0.620. The van der Waals surface area contributed by atoms with Crippen molar-refractivity contribution in [2.45, 2.75) is 112 Å². The van der Waals surface area contributed by atoms with E-state index in [2.05, 4.69) is 0 Å². The summed E-state index contributed by atoms with van der Waals surface area (Å²) in [6.07, 6.45) is 0.764. The van der Waals surface area contributed by atoms with Crippen molar-refractivity contribution in [2.24, 2.45) is 5.92 Å². The average Bonchev–Trinajstić information content (AvgIpc) is 2.36. The molecule has 0 aromatic carbocycles. The third-order valence-electron chi connectivity index (χ3n) is 2.68. The zero-order valence-corrected chi connectivity index (χ0v) is 19.2. The highest BCUT2D eigenvalue weighted by atomic mass is 32.2. The van der Waals surface area contributed by atoms with Gasteiger partial charge in [-0.2, -0.15) is 0 Å². The Morgan fingerprint density at radius 3 is 1.00 bits per heavy atom. The van der Waals surface area contributed by atoms with Gasteiger partial charge < -0.3 is 9.47 Å². The lowest BCUT2D eigenvalue weighted by Gasteiger charge is -2.09. The van der Waals surface area contributed by atoms with E-state index in [1.54, 1.807) is 27.7 Å². The van der Waals surface area contributed by atoms with Crippen molar-refractivity contribution < 1.29 is 22.7 Å². The number of carbonyl (C=O) groups is 1. The van der Waals surface area contributed by atoms with Gasteiger partial charge in [0.05, 0.1) is 34.7 Å². The fourth-order valence-corrected chi connectivity index (χ4v) is 2.55. The molecular weight excluding hydrogens is 340 g/mol. The molecule has 0 rings (SSSR count). The molecule has 0 fully saturated rings. The second-order valence-corrected chi connectivity index (χ2v) is 10.6. The molecule has 0 aliphatic rings. The summed E-state index contributed by atoms with van der Waals surface area (Å²) in [5, 5.41) is -0.477. The van der Waals surface area contributed by atoms with Crippen LogP contribution in [0.3, 0.4) is 0 Å². The Kier molecular flexibility index (Phi) is 17.0. The molecule has 0 N–H and O–H groups in total. The first-order valence-corrected chi connectivity index (χ1v) is 10.7. The van der Waals surface area contributed by atoms with Crippen molar-refractivity contribution in [1.82, 2.24) is 0 Å². The topological polar surface area (TPSA) is 69.7 Å². The molecular formula is C19H42O5S. The molecule has 0 saturated heterocycles. The minimum atomic E-state index is -2.81. The van der Waals surface area contributed by atoms with Gasteiger partial charge in [-0.15, -0.1) is 0 Å². The normalized spacial score (nSPS) is 11.6. The highest BCUT2D eigenvalue weighted by Gasteiger charge is 2.19. The Morgan fingerprint density at radius 2 is 0.960 bits per heavy atom. The molecule has 0 aliphatic carbocycles. The average molecular weight is 383 g/mol. The van der Waals surface area contributed by atoms with E-state index in [-0.39, 0.29) is 28.5 Å². The lowest BCUT2D eigenvalue weighted by molar-refractivity contribution is -0.151. The van der Waals surface area contributed by atoms with Gasteiger partial charge in [0, 0.05) is 0 Å². The minimum absolute atomic E-state index is 0.00704. The maximum atomic E-state index is 11.0. The summed E-state index contributed by atoms with van der Waals surface area (Å²) in [6, 6.07) is 0. The molecule has 0 heterocycles. The molecule has 0 spiro atoms. The zero-order chi connectivity index (χ0) is 21.0. The summed E-state index contributed by atoms with van der Waals surface area (Å²) in [4.78, 5) is 10.7. The van der Waals surface area contributed by atoms with Crippen LogP contribution in [0.5, 0.6) is 0 Å². The quantitative estimate of drug-likeness (QED) is 0.626. The highest BCUT2D eigenvalue weighted by Crippen LogP contribution is 2.06. The van der Waals surface area contributed by atoms with Crippen LogP contribution in [-0.2, 0) is 24.1 Å². The predicted octanol–water partition coefficient (Wildman–Crippen LogP) is 4.63. The number of hydrogen-bond acceptors (Lipinski definition) is 5. The van der Waals surface area contributed by atoms with Crippen LogP contribution in [0.4, 0.5) is 0 Å². The standard InChI is InChI=1S/C7H14O2.C6H14O2S.C6H14O/c1-5(2)7(8)9-6(3)4;1-5(2)9(7,8)6(3)4;1-5(2)7-6(3)4/h2*5-6H,1-4H3;5-6H,1-4H3. The van der Waals surface area contributed by atoms with Crippen molar-refractivity contribution in [3.05, 3.63) is 0 Å². The third kappa shape index (κ3) is 19.6. The van der Waals surface area contributed by atoms with Gasteiger partial charge in [0.15, 0.2) is 9.84 Å². The number of rotatable bonds is 6. The molecule has 0 unspecified atom stereocenters. The van der Waals surface area contributed by atoms with Crippen LogP contribution >= 0.6 is 0 Å². The maximum Gasteiger partial charge on any atom is 0.308 e. The Balaban J connectivity index is -0.000000293. The van der Waals surface area contributed by atoms with E-state index in [0.29, 0.717) is 12.2 Å². The molecule has 0 radical (unpaired) electrons. The maximum absolute atomic E-state index is 11.0. The van der Waals surface area contributed by atoms with E-state index in [1.165, 1.54) is 0 Å². The van der Waals surface area contributed by atoms with E-state index in [1.807, 2.05) is 55.4 Å². The molecule has 25 heavy (non-hydrogen) atoms. The molecule has 0 bridgehead atoms. The summed E-state index contributed by atoms with van der Waals surface area (Å²) in [5.41, 5.74) is 0. The van der Waals surface area contributed by atoms with Crippen LogP contribution in [-0.4, -0.2) is 43.2 Å². The van der Waals surface area contributed by atoms with Crippen LogP contribution in [0.1, 0.15) is 83.1 Å². The molecule has 0 aliphatic heterocycles. The smallest absolute Gasteiger partial charge is 0.308 e. The first-order chi connectivity index (χ1) is 11.0. The molecule has 154 valence electrons. The fraction of sp³-hybridized carbons (Fsp3) is 0.947. The van der Waals surface area contributed by atoms with Gasteiger partial charge in [-0.25, -0.2) is 8.42 Å². The van der Waals surface area contributed by atoms with Crippen LogP contribution in [0.2, 0.25) is 0 Å². The van der Waals surface area contributed by atoms with Gasteiger partial charge >= 0.3 is 5.97 Å². The van der Waals surface area contributed by atoms with Crippen molar-refractivity contribution in [3.8, 4) is 0 Å². The van der Waals surface area contributed by atoms with E-state index >= 15 is 0 Å². The lowest BCUT2D eigenvalue weighted by Crippen LogP contribution is -2.23. The number of esters is 1. The minimum Gasteiger partial charge on any atom is -0.463 e. The highest BCUT2D eigenvalue weighted by molar-refractivity contribution is 7.92. The van der Waals surface area contributed by atoms with Gasteiger partial charge in [0.1, 0.15) is 0 Å². The molecule has 0 saturated carbocycles. The monoisotopic (exact) mass is 382 g/mol. The van der Waals surface area contributed by atoms with E-state index in [4.69, 9.17) is 9.47 Å². The van der Waals surface area contributed by atoms with Crippen LogP contribution in [0.15, 0.2) is 0 Å². The Bertz CT molecular complexity index is 401. The lowest BCUT2D eigenvalue weighted by atomic mass is 10.2. The van der Waals surface area contributed by atoms with E-state index in [0.717, 1.165) is 0 Å². The van der Waals surface area contributed by atoms with Crippen molar-refractivity contribution in [1.29, 1.82) is 0 Å². The summed E-state index contributed by atoms with van der Waals surface area (Å²) in [7, 11) is -2.81. The molecule has 6 heteroatoms. The third-order valence-corrected chi connectivity index (χ3v) is 5.31. The second-order valence-electron chi connectivity index (χ2n) is 7.56.